The van der Waals surface area contributed by atoms with Gasteiger partial charge in [-0.2, -0.15) is 0 Å². The van der Waals surface area contributed by atoms with E-state index >= 15 is 0 Å². The number of hydrogen-bond donors (Lipinski definition) is 2. The second kappa shape index (κ2) is 7.63. The van der Waals surface area contributed by atoms with E-state index in [-0.39, 0.29) is 18.2 Å². The minimum absolute atomic E-state index is 0.0127. The summed E-state index contributed by atoms with van der Waals surface area (Å²) in [5.41, 5.74) is -0.00984. The molecular weight excluding hydrogens is 375 g/mol. The van der Waals surface area contributed by atoms with Gasteiger partial charge in [0.05, 0.1) is 23.0 Å². The number of rotatable bonds is 4. The quantitative estimate of drug-likeness (QED) is 0.696. The van der Waals surface area contributed by atoms with Gasteiger partial charge in [-0.25, -0.2) is 9.18 Å². The molecule has 2 aromatic carbocycles. The van der Waals surface area contributed by atoms with Gasteiger partial charge in [0.2, 0.25) is 0 Å². The number of likely N-dealkylation sites (N-methyl/N-ethyl adjacent to an activating group) is 1. The van der Waals surface area contributed by atoms with Gasteiger partial charge in [-0.3, -0.25) is 19.1 Å². The zero-order valence-corrected chi connectivity index (χ0v) is 15.9. The van der Waals surface area contributed by atoms with Crippen molar-refractivity contribution < 1.29 is 9.18 Å². The number of benzene rings is 2. The highest BCUT2D eigenvalue weighted by Gasteiger charge is 2.23. The summed E-state index contributed by atoms with van der Waals surface area (Å²) in [6, 6.07) is 11.0. The maximum atomic E-state index is 14.3. The van der Waals surface area contributed by atoms with Crippen molar-refractivity contribution in [3.63, 3.8) is 0 Å². The first kappa shape index (κ1) is 19.1. The molecule has 2 N–H and O–H groups in total. The van der Waals surface area contributed by atoms with Crippen LogP contribution in [0.3, 0.4) is 0 Å². The van der Waals surface area contributed by atoms with Crippen LogP contribution in [0.15, 0.2) is 52.1 Å². The number of nitrogens with zero attached hydrogens (tertiary/aromatic N) is 2. The molecule has 7 nitrogen and oxygen atoms in total. The monoisotopic (exact) mass is 396 g/mol. The largest absolute Gasteiger partial charge is 0.348 e. The van der Waals surface area contributed by atoms with E-state index in [1.54, 1.807) is 24.3 Å². The number of aromatic amines is 1. The standard InChI is InChI=1S/C21H21FN4O3/c1-25-9-8-14(12-25)23-20(28)16-10-13(6-7-17(16)22)11-26-18-5-3-2-4-15(18)19(27)24-21(26)29/h2-7,10,14H,8-9,11-12H2,1H3,(H,23,28)(H,24,27,29). The third-order valence-electron chi connectivity index (χ3n) is 5.25. The van der Waals surface area contributed by atoms with E-state index in [0.29, 0.717) is 16.5 Å². The lowest BCUT2D eigenvalue weighted by Gasteiger charge is -2.14. The van der Waals surface area contributed by atoms with Crippen LogP contribution in [0.1, 0.15) is 22.3 Å². The topological polar surface area (TPSA) is 87.2 Å². The van der Waals surface area contributed by atoms with Gasteiger partial charge in [0.15, 0.2) is 0 Å². The zero-order chi connectivity index (χ0) is 20.5. The van der Waals surface area contributed by atoms with Crippen molar-refractivity contribution in [3.05, 3.63) is 80.2 Å². The molecule has 8 heteroatoms. The van der Waals surface area contributed by atoms with Crippen molar-refractivity contribution in [3.8, 4) is 0 Å². The fourth-order valence-corrected chi connectivity index (χ4v) is 3.74. The maximum Gasteiger partial charge on any atom is 0.329 e. The molecule has 0 bridgehead atoms. The number of hydrogen-bond acceptors (Lipinski definition) is 4. The summed E-state index contributed by atoms with van der Waals surface area (Å²) in [4.78, 5) is 41.3. The number of likely N-dealkylation sites (tertiary alicyclic amines) is 1. The Labute approximate surface area is 165 Å². The number of para-hydroxylation sites is 1. The lowest BCUT2D eigenvalue weighted by Crippen LogP contribution is -2.37. The molecule has 0 radical (unpaired) electrons. The van der Waals surface area contributed by atoms with Crippen molar-refractivity contribution in [2.75, 3.05) is 20.1 Å². The van der Waals surface area contributed by atoms with Gasteiger partial charge in [-0.15, -0.1) is 0 Å². The van der Waals surface area contributed by atoms with Crippen LogP contribution in [0.5, 0.6) is 0 Å². The first-order valence-corrected chi connectivity index (χ1v) is 9.42. The zero-order valence-electron chi connectivity index (χ0n) is 15.9. The molecule has 4 rings (SSSR count). The van der Waals surface area contributed by atoms with E-state index in [4.69, 9.17) is 0 Å². The number of amides is 1. The molecule has 1 aliphatic heterocycles. The van der Waals surface area contributed by atoms with Gasteiger partial charge in [-0.05, 0) is 49.8 Å². The third kappa shape index (κ3) is 3.84. The Morgan fingerprint density at radius 3 is 2.79 bits per heavy atom. The van der Waals surface area contributed by atoms with Crippen LogP contribution in [0, 0.1) is 5.82 Å². The van der Waals surface area contributed by atoms with E-state index in [0.717, 1.165) is 19.5 Å². The molecule has 2 heterocycles. The molecular formula is C21H21FN4O3. The molecule has 1 unspecified atom stereocenters. The Kier molecular flexibility index (Phi) is 5.02. The number of nitrogens with one attached hydrogen (secondary N) is 2. The molecule has 1 aliphatic rings. The van der Waals surface area contributed by atoms with Gasteiger partial charge < -0.3 is 10.2 Å². The Bertz CT molecular complexity index is 1200. The minimum Gasteiger partial charge on any atom is -0.348 e. The number of carbonyl (C=O) groups is 1. The summed E-state index contributed by atoms with van der Waals surface area (Å²) in [7, 11) is 1.97. The second-order valence-corrected chi connectivity index (χ2v) is 7.40. The second-order valence-electron chi connectivity index (χ2n) is 7.40. The van der Waals surface area contributed by atoms with Gasteiger partial charge >= 0.3 is 5.69 Å². The normalized spacial score (nSPS) is 17.0. The van der Waals surface area contributed by atoms with Crippen LogP contribution < -0.4 is 16.6 Å². The Morgan fingerprint density at radius 2 is 2.03 bits per heavy atom. The van der Waals surface area contributed by atoms with Gasteiger partial charge in [0.1, 0.15) is 5.82 Å². The number of halogens is 1. The van der Waals surface area contributed by atoms with E-state index in [1.165, 1.54) is 22.8 Å². The van der Waals surface area contributed by atoms with Crippen LogP contribution in [0.2, 0.25) is 0 Å². The summed E-state index contributed by atoms with van der Waals surface area (Å²) in [5, 5.41) is 3.26. The number of aromatic nitrogens is 2. The number of fused-ring (bicyclic) bond motifs is 1. The molecule has 3 aromatic rings. The van der Waals surface area contributed by atoms with Crippen molar-refractivity contribution in [2.45, 2.75) is 19.0 Å². The summed E-state index contributed by atoms with van der Waals surface area (Å²) >= 11 is 0. The summed E-state index contributed by atoms with van der Waals surface area (Å²) in [5.74, 6) is -1.08. The molecule has 1 saturated heterocycles. The van der Waals surface area contributed by atoms with Crippen LogP contribution >= 0.6 is 0 Å². The Balaban J connectivity index is 1.65. The van der Waals surface area contributed by atoms with E-state index in [1.807, 2.05) is 7.05 Å². The van der Waals surface area contributed by atoms with E-state index < -0.39 is 23.0 Å². The molecule has 0 saturated carbocycles. The lowest BCUT2D eigenvalue weighted by molar-refractivity contribution is 0.0934. The molecule has 0 aliphatic carbocycles. The number of carbonyl (C=O) groups excluding carboxylic acids is 1. The number of H-pyrrole nitrogens is 1. The van der Waals surface area contributed by atoms with Crippen molar-refractivity contribution in [2.24, 2.45) is 0 Å². The minimum atomic E-state index is -0.615. The predicted octanol–water partition coefficient (Wildman–Crippen LogP) is 1.31. The molecule has 29 heavy (non-hydrogen) atoms. The molecule has 1 aromatic heterocycles. The SMILES string of the molecule is CN1CCC(NC(=O)c2cc(Cn3c(=O)[nH]c(=O)c4ccccc43)ccc2F)C1. The van der Waals surface area contributed by atoms with E-state index in [9.17, 15) is 18.8 Å². The van der Waals surface area contributed by atoms with Gasteiger partial charge in [-0.1, -0.05) is 18.2 Å². The third-order valence-corrected chi connectivity index (χ3v) is 5.25. The highest BCUT2D eigenvalue weighted by molar-refractivity contribution is 5.95. The predicted molar refractivity (Wildman–Crippen MR) is 108 cm³/mol. The van der Waals surface area contributed by atoms with Crippen LogP contribution in [-0.4, -0.2) is 46.5 Å². The van der Waals surface area contributed by atoms with Crippen molar-refractivity contribution in [1.29, 1.82) is 0 Å². The fraction of sp³-hybridized carbons (Fsp3) is 0.286. The van der Waals surface area contributed by atoms with Crippen LogP contribution in [0.4, 0.5) is 4.39 Å². The van der Waals surface area contributed by atoms with Crippen molar-refractivity contribution in [1.82, 2.24) is 19.8 Å². The first-order valence-electron chi connectivity index (χ1n) is 9.42. The summed E-state index contributed by atoms with van der Waals surface area (Å²) in [6.07, 6.45) is 0.822. The average Bonchev–Trinajstić information content (AvgIpc) is 3.11. The fourth-order valence-electron chi connectivity index (χ4n) is 3.74. The average molecular weight is 396 g/mol. The van der Waals surface area contributed by atoms with Gasteiger partial charge in [0.25, 0.3) is 11.5 Å². The maximum absolute atomic E-state index is 14.3. The summed E-state index contributed by atoms with van der Waals surface area (Å²) in [6.45, 7) is 1.71. The molecule has 1 amide bonds. The van der Waals surface area contributed by atoms with Crippen LogP contribution in [-0.2, 0) is 6.54 Å². The highest BCUT2D eigenvalue weighted by Crippen LogP contribution is 2.15. The highest BCUT2D eigenvalue weighted by atomic mass is 19.1. The molecule has 1 fully saturated rings. The molecule has 1 atom stereocenters. The Morgan fingerprint density at radius 1 is 1.24 bits per heavy atom. The van der Waals surface area contributed by atoms with Crippen molar-refractivity contribution >= 4 is 16.8 Å². The Hall–Kier alpha value is -3.26. The summed E-state index contributed by atoms with van der Waals surface area (Å²) < 4.78 is 15.7. The van der Waals surface area contributed by atoms with Gasteiger partial charge in [0, 0.05) is 12.6 Å². The molecule has 0 spiro atoms. The van der Waals surface area contributed by atoms with E-state index in [2.05, 4.69) is 15.2 Å². The first-order chi connectivity index (χ1) is 13.9. The molecule has 150 valence electrons. The smallest absolute Gasteiger partial charge is 0.329 e. The lowest BCUT2D eigenvalue weighted by atomic mass is 10.1. The van der Waals surface area contributed by atoms with Crippen LogP contribution in [0.25, 0.3) is 10.9 Å².